The first-order chi connectivity index (χ1) is 8.48. The topological polar surface area (TPSA) is 68.1 Å². The Bertz CT molecular complexity index is 529. The predicted octanol–water partition coefficient (Wildman–Crippen LogP) is 2.32. The van der Waals surface area contributed by atoms with E-state index in [1.165, 1.54) is 14.0 Å². The Morgan fingerprint density at radius 3 is 2.89 bits per heavy atom. The van der Waals surface area contributed by atoms with Gasteiger partial charge in [0.15, 0.2) is 0 Å². The van der Waals surface area contributed by atoms with Gasteiger partial charge in [0.05, 0.1) is 23.4 Å². The fraction of sp³-hybridized carbons (Fsp3) is 0.333. The summed E-state index contributed by atoms with van der Waals surface area (Å²) < 4.78 is 5.20. The molecular weight excluding hydrogens is 258 g/mol. The van der Waals surface area contributed by atoms with Gasteiger partial charge in [-0.15, -0.1) is 0 Å². The van der Waals surface area contributed by atoms with Crippen LogP contribution in [0.4, 0.5) is 0 Å². The molecule has 1 aromatic carbocycles. The summed E-state index contributed by atoms with van der Waals surface area (Å²) in [6.45, 7) is 1.47. The van der Waals surface area contributed by atoms with Gasteiger partial charge in [-0.2, -0.15) is 0 Å². The van der Waals surface area contributed by atoms with Crippen LogP contribution in [0.5, 0.6) is 5.75 Å². The van der Waals surface area contributed by atoms with Gasteiger partial charge in [-0.25, -0.2) is 4.79 Å². The molecule has 18 heavy (non-hydrogen) atoms. The number of carboxylic acid groups (broad SMARTS) is 1. The van der Waals surface area contributed by atoms with Crippen molar-refractivity contribution in [3.8, 4) is 5.75 Å². The molecule has 1 N–H and O–H groups in total. The van der Waals surface area contributed by atoms with Crippen LogP contribution in [-0.4, -0.2) is 29.5 Å². The molecule has 0 saturated carbocycles. The van der Waals surface area contributed by atoms with Gasteiger partial charge in [-0.1, -0.05) is 22.8 Å². The number of hydrogen-bond donors (Lipinski definition) is 1. The number of benzene rings is 1. The van der Waals surface area contributed by atoms with Crippen LogP contribution in [0.1, 0.15) is 18.9 Å². The fourth-order valence-corrected chi connectivity index (χ4v) is 2.02. The first-order valence-corrected chi connectivity index (χ1v) is 5.67. The monoisotopic (exact) mass is 269 g/mol. The maximum absolute atomic E-state index is 11.1. The lowest BCUT2D eigenvalue weighted by Gasteiger charge is -2.15. The van der Waals surface area contributed by atoms with Crippen molar-refractivity contribution in [1.82, 2.24) is 0 Å². The lowest BCUT2D eigenvalue weighted by Crippen LogP contribution is -2.35. The van der Waals surface area contributed by atoms with E-state index in [0.29, 0.717) is 22.0 Å². The molecule has 6 heteroatoms. The standard InChI is InChI=1S/C12H12ClNO4/c1-12(11(15)16)6-8(14-18-12)10-7(13)4-3-5-9(10)17-2/h3-5H,6H2,1-2H3,(H,15,16). The van der Waals surface area contributed by atoms with Gasteiger partial charge in [0.1, 0.15) is 5.75 Å². The first kappa shape index (κ1) is 12.7. The molecule has 0 aromatic heterocycles. The molecule has 96 valence electrons. The van der Waals surface area contributed by atoms with Crippen molar-refractivity contribution in [3.05, 3.63) is 28.8 Å². The van der Waals surface area contributed by atoms with E-state index in [-0.39, 0.29) is 6.42 Å². The lowest BCUT2D eigenvalue weighted by molar-refractivity contribution is -0.160. The van der Waals surface area contributed by atoms with Crippen molar-refractivity contribution >= 4 is 23.3 Å². The van der Waals surface area contributed by atoms with Crippen LogP contribution in [-0.2, 0) is 9.63 Å². The molecule has 1 aliphatic heterocycles. The number of ether oxygens (including phenoxy) is 1. The average molecular weight is 270 g/mol. The zero-order chi connectivity index (χ0) is 13.3. The third-order valence-corrected chi connectivity index (χ3v) is 3.11. The van der Waals surface area contributed by atoms with Gasteiger partial charge in [-0.3, -0.25) is 0 Å². The number of oxime groups is 1. The number of hydrogen-bond acceptors (Lipinski definition) is 4. The molecule has 0 aliphatic carbocycles. The Labute approximate surface area is 109 Å². The maximum atomic E-state index is 11.1. The Morgan fingerprint density at radius 2 is 2.33 bits per heavy atom. The van der Waals surface area contributed by atoms with Crippen LogP contribution in [0, 0.1) is 0 Å². The van der Waals surface area contributed by atoms with E-state index < -0.39 is 11.6 Å². The Hall–Kier alpha value is -1.75. The van der Waals surface area contributed by atoms with E-state index in [9.17, 15) is 4.79 Å². The Kier molecular flexibility index (Phi) is 3.17. The number of methoxy groups -OCH3 is 1. The molecule has 1 heterocycles. The molecule has 0 spiro atoms. The second kappa shape index (κ2) is 4.49. The minimum Gasteiger partial charge on any atom is -0.496 e. The molecule has 0 saturated heterocycles. The van der Waals surface area contributed by atoms with Crippen molar-refractivity contribution in [2.75, 3.05) is 7.11 Å². The van der Waals surface area contributed by atoms with Gasteiger partial charge >= 0.3 is 5.97 Å². The second-order valence-corrected chi connectivity index (χ2v) is 4.57. The minimum absolute atomic E-state index is 0.141. The van der Waals surface area contributed by atoms with Gasteiger partial charge in [0, 0.05) is 6.42 Å². The van der Waals surface area contributed by atoms with Gasteiger partial charge in [0.2, 0.25) is 5.60 Å². The van der Waals surface area contributed by atoms with Gasteiger partial charge < -0.3 is 14.7 Å². The highest BCUT2D eigenvalue weighted by molar-refractivity contribution is 6.34. The second-order valence-electron chi connectivity index (χ2n) is 4.16. The maximum Gasteiger partial charge on any atom is 0.351 e. The zero-order valence-corrected chi connectivity index (χ0v) is 10.7. The van der Waals surface area contributed by atoms with Crippen molar-refractivity contribution in [3.63, 3.8) is 0 Å². The summed E-state index contributed by atoms with van der Waals surface area (Å²) >= 11 is 6.10. The zero-order valence-electron chi connectivity index (χ0n) is 9.94. The number of rotatable bonds is 3. The smallest absolute Gasteiger partial charge is 0.351 e. The molecule has 0 radical (unpaired) electrons. The van der Waals surface area contributed by atoms with E-state index in [2.05, 4.69) is 5.16 Å². The van der Waals surface area contributed by atoms with E-state index >= 15 is 0 Å². The quantitative estimate of drug-likeness (QED) is 0.914. The summed E-state index contributed by atoms with van der Waals surface area (Å²) in [4.78, 5) is 16.1. The molecule has 5 nitrogen and oxygen atoms in total. The summed E-state index contributed by atoms with van der Waals surface area (Å²) in [6, 6.07) is 5.18. The molecule has 0 amide bonds. The molecule has 1 unspecified atom stereocenters. The van der Waals surface area contributed by atoms with Gasteiger partial charge in [-0.05, 0) is 19.1 Å². The largest absolute Gasteiger partial charge is 0.496 e. The number of carbonyl (C=O) groups is 1. The van der Waals surface area contributed by atoms with Gasteiger partial charge in [0.25, 0.3) is 0 Å². The highest BCUT2D eigenvalue weighted by Crippen LogP contribution is 2.34. The lowest BCUT2D eigenvalue weighted by atomic mass is 9.95. The van der Waals surface area contributed by atoms with Crippen LogP contribution in [0.2, 0.25) is 5.02 Å². The SMILES string of the molecule is COc1cccc(Cl)c1C1=NOC(C)(C(=O)O)C1. The molecule has 1 aliphatic rings. The summed E-state index contributed by atoms with van der Waals surface area (Å²) in [5, 5.41) is 13.3. The van der Waals surface area contributed by atoms with Crippen LogP contribution in [0.25, 0.3) is 0 Å². The average Bonchev–Trinajstić information content (AvgIpc) is 2.72. The summed E-state index contributed by atoms with van der Waals surface area (Å²) in [7, 11) is 1.52. The van der Waals surface area contributed by atoms with Crippen LogP contribution in [0.15, 0.2) is 23.4 Å². The summed E-state index contributed by atoms with van der Waals surface area (Å²) in [5.41, 5.74) is -0.298. The number of halogens is 1. The minimum atomic E-state index is -1.35. The normalized spacial score (nSPS) is 22.3. The predicted molar refractivity (Wildman–Crippen MR) is 66.3 cm³/mol. The van der Waals surface area contributed by atoms with Crippen LogP contribution < -0.4 is 4.74 Å². The van der Waals surface area contributed by atoms with Crippen LogP contribution >= 0.6 is 11.6 Å². The Morgan fingerprint density at radius 1 is 1.61 bits per heavy atom. The molecule has 1 aromatic rings. The molecule has 1 atom stereocenters. The summed E-state index contributed by atoms with van der Waals surface area (Å²) in [5.74, 6) is -0.522. The van der Waals surface area contributed by atoms with Crippen LogP contribution in [0.3, 0.4) is 0 Å². The van der Waals surface area contributed by atoms with Crippen molar-refractivity contribution in [1.29, 1.82) is 0 Å². The molecule has 2 rings (SSSR count). The van der Waals surface area contributed by atoms with Crippen molar-refractivity contribution in [2.24, 2.45) is 5.16 Å². The summed E-state index contributed by atoms with van der Waals surface area (Å²) in [6.07, 6.45) is 0.141. The Balaban J connectivity index is 2.38. The van der Waals surface area contributed by atoms with Crippen molar-refractivity contribution in [2.45, 2.75) is 18.9 Å². The third kappa shape index (κ3) is 2.01. The molecule has 0 fully saturated rings. The number of nitrogens with zero attached hydrogens (tertiary/aromatic N) is 1. The highest BCUT2D eigenvalue weighted by Gasteiger charge is 2.43. The fourth-order valence-electron chi connectivity index (χ4n) is 1.74. The first-order valence-electron chi connectivity index (χ1n) is 5.29. The molecule has 0 bridgehead atoms. The van der Waals surface area contributed by atoms with E-state index in [0.717, 1.165) is 0 Å². The number of carboxylic acids is 1. The molecular formula is C12H12ClNO4. The highest BCUT2D eigenvalue weighted by atomic mass is 35.5. The number of aliphatic carboxylic acids is 1. The van der Waals surface area contributed by atoms with Crippen molar-refractivity contribution < 1.29 is 19.5 Å². The van der Waals surface area contributed by atoms with E-state index in [1.807, 2.05) is 0 Å². The third-order valence-electron chi connectivity index (χ3n) is 2.80. The van der Waals surface area contributed by atoms with E-state index in [4.69, 9.17) is 26.3 Å². The van der Waals surface area contributed by atoms with E-state index in [1.54, 1.807) is 18.2 Å².